The number of carboxylic acid groups (broad SMARTS) is 1. The maximum absolute atomic E-state index is 13.1. The van der Waals surface area contributed by atoms with Gasteiger partial charge in [0.1, 0.15) is 11.6 Å². The Balaban J connectivity index is 0.000000412. The first-order valence-electron chi connectivity index (χ1n) is 6.95. The first kappa shape index (κ1) is 22.2. The van der Waals surface area contributed by atoms with E-state index in [0.717, 1.165) is 16.4 Å². The largest absolute Gasteiger partial charge is 0.490 e. The number of alkyl halides is 3. The van der Waals surface area contributed by atoms with Crippen LogP contribution in [0.2, 0.25) is 0 Å². The third kappa shape index (κ3) is 5.86. The Bertz CT molecular complexity index is 721. The van der Waals surface area contributed by atoms with Crippen LogP contribution in [0.5, 0.6) is 0 Å². The molecule has 7 nitrogen and oxygen atoms in total. The summed E-state index contributed by atoms with van der Waals surface area (Å²) in [6.07, 6.45) is -5.08. The lowest BCUT2D eigenvalue weighted by Crippen LogP contribution is -2.51. The second kappa shape index (κ2) is 8.70. The molecule has 0 radical (unpaired) electrons. The smallest absolute Gasteiger partial charge is 0.475 e. The Hall–Kier alpha value is -1.83. The second-order valence-corrected chi connectivity index (χ2v) is 6.88. The number of sulfonamides is 1. The maximum atomic E-state index is 13.1. The molecule has 0 amide bonds. The van der Waals surface area contributed by atoms with Gasteiger partial charge in [-0.25, -0.2) is 22.0 Å². The molecular formula is C13H15F5N2O5S. The number of hydrogen-bond donors (Lipinski definition) is 2. The van der Waals surface area contributed by atoms with Gasteiger partial charge < -0.3 is 15.6 Å². The molecule has 0 aliphatic carbocycles. The summed E-state index contributed by atoms with van der Waals surface area (Å²) in [7, 11) is -3.97. The quantitative estimate of drug-likeness (QED) is 0.724. The Kier molecular flexibility index (Phi) is 7.44. The molecule has 13 heteroatoms. The summed E-state index contributed by atoms with van der Waals surface area (Å²) in [5.74, 6) is -4.63. The Morgan fingerprint density at radius 1 is 1.27 bits per heavy atom. The van der Waals surface area contributed by atoms with Gasteiger partial charge in [0, 0.05) is 19.2 Å². The van der Waals surface area contributed by atoms with Crippen molar-refractivity contribution in [3.8, 4) is 0 Å². The van der Waals surface area contributed by atoms with E-state index in [-0.39, 0.29) is 26.3 Å². The standard InChI is InChI=1S/C11H14F2N2O3S.C2HF3O2/c12-8-3-9(13)5-11(4-8)19(16,17)15-1-2-18-7-10(15)6-14;3-2(4,5)1(6)7/h3-5,10H,1-2,6-7,14H2;(H,6,7). The number of benzene rings is 1. The van der Waals surface area contributed by atoms with Crippen LogP contribution in [-0.4, -0.2) is 62.3 Å². The number of hydrogen-bond acceptors (Lipinski definition) is 5. The van der Waals surface area contributed by atoms with Crippen molar-refractivity contribution >= 4 is 16.0 Å². The molecule has 1 atom stereocenters. The molecule has 0 aromatic heterocycles. The van der Waals surface area contributed by atoms with Crippen LogP contribution in [0.25, 0.3) is 0 Å². The third-order valence-electron chi connectivity index (χ3n) is 3.13. The fraction of sp³-hybridized carbons (Fsp3) is 0.462. The number of nitrogens with two attached hydrogens (primary N) is 1. The summed E-state index contributed by atoms with van der Waals surface area (Å²) in [5.41, 5.74) is 5.49. The van der Waals surface area contributed by atoms with Gasteiger partial charge in [0.25, 0.3) is 0 Å². The van der Waals surface area contributed by atoms with Crippen LogP contribution in [0.3, 0.4) is 0 Å². The highest BCUT2D eigenvalue weighted by Crippen LogP contribution is 2.22. The van der Waals surface area contributed by atoms with Crippen molar-refractivity contribution < 1.29 is 45.0 Å². The van der Waals surface area contributed by atoms with Crippen molar-refractivity contribution in [3.05, 3.63) is 29.8 Å². The third-order valence-corrected chi connectivity index (χ3v) is 5.06. The predicted octanol–water partition coefficient (Wildman–Crippen LogP) is 0.946. The van der Waals surface area contributed by atoms with Gasteiger partial charge in [0.2, 0.25) is 10.0 Å². The summed E-state index contributed by atoms with van der Waals surface area (Å²) in [6.45, 7) is 0.598. The monoisotopic (exact) mass is 406 g/mol. The Morgan fingerprint density at radius 2 is 1.77 bits per heavy atom. The number of carbonyl (C=O) groups is 1. The molecule has 3 N–H and O–H groups in total. The van der Waals surface area contributed by atoms with E-state index in [2.05, 4.69) is 0 Å². The fourth-order valence-electron chi connectivity index (χ4n) is 1.95. The molecule has 1 fully saturated rings. The molecule has 1 aliphatic heterocycles. The lowest BCUT2D eigenvalue weighted by atomic mass is 10.3. The summed E-state index contributed by atoms with van der Waals surface area (Å²) in [4.78, 5) is 8.48. The van der Waals surface area contributed by atoms with Crippen molar-refractivity contribution in [3.63, 3.8) is 0 Å². The molecule has 26 heavy (non-hydrogen) atoms. The van der Waals surface area contributed by atoms with E-state index in [4.69, 9.17) is 20.4 Å². The molecule has 1 saturated heterocycles. The van der Waals surface area contributed by atoms with E-state index in [1.165, 1.54) is 0 Å². The summed E-state index contributed by atoms with van der Waals surface area (Å²) in [5, 5.41) is 7.12. The molecule has 2 rings (SSSR count). The number of morpholine rings is 1. The zero-order valence-corrected chi connectivity index (χ0v) is 13.9. The molecule has 1 aliphatic rings. The van der Waals surface area contributed by atoms with E-state index in [1.54, 1.807) is 0 Å². The van der Waals surface area contributed by atoms with Gasteiger partial charge in [0.15, 0.2) is 0 Å². The summed E-state index contributed by atoms with van der Waals surface area (Å²) >= 11 is 0. The van der Waals surface area contributed by atoms with E-state index < -0.39 is 44.7 Å². The predicted molar refractivity (Wildman–Crippen MR) is 77.6 cm³/mol. The van der Waals surface area contributed by atoms with Gasteiger partial charge in [-0.3, -0.25) is 0 Å². The lowest BCUT2D eigenvalue weighted by molar-refractivity contribution is -0.192. The maximum Gasteiger partial charge on any atom is 0.490 e. The van der Waals surface area contributed by atoms with E-state index in [1.807, 2.05) is 0 Å². The van der Waals surface area contributed by atoms with Gasteiger partial charge in [-0.05, 0) is 12.1 Å². The van der Waals surface area contributed by atoms with E-state index in [0.29, 0.717) is 6.07 Å². The van der Waals surface area contributed by atoms with Gasteiger partial charge in [0.05, 0.1) is 24.2 Å². The normalized spacial score (nSPS) is 18.8. The van der Waals surface area contributed by atoms with Gasteiger partial charge in [-0.1, -0.05) is 0 Å². The minimum absolute atomic E-state index is 0.0804. The molecule has 1 unspecified atom stereocenters. The molecule has 0 bridgehead atoms. The van der Waals surface area contributed by atoms with Crippen LogP contribution < -0.4 is 5.73 Å². The lowest BCUT2D eigenvalue weighted by Gasteiger charge is -2.33. The zero-order valence-electron chi connectivity index (χ0n) is 13.0. The summed E-state index contributed by atoms with van der Waals surface area (Å²) in [6, 6.07) is 1.69. The van der Waals surface area contributed by atoms with Crippen molar-refractivity contribution in [2.45, 2.75) is 17.1 Å². The topological polar surface area (TPSA) is 110 Å². The minimum Gasteiger partial charge on any atom is -0.475 e. The minimum atomic E-state index is -5.08. The molecule has 1 heterocycles. The van der Waals surface area contributed by atoms with Crippen LogP contribution in [0, 0.1) is 11.6 Å². The number of nitrogens with zero attached hydrogens (tertiary/aromatic N) is 1. The van der Waals surface area contributed by atoms with Crippen LogP contribution in [0.4, 0.5) is 22.0 Å². The number of rotatable bonds is 3. The highest BCUT2D eigenvalue weighted by molar-refractivity contribution is 7.89. The molecule has 1 aromatic rings. The number of aliphatic carboxylic acids is 1. The molecule has 0 spiro atoms. The highest BCUT2D eigenvalue weighted by Gasteiger charge is 2.38. The van der Waals surface area contributed by atoms with Crippen molar-refractivity contribution in [2.24, 2.45) is 5.73 Å². The Labute approximate surface area is 145 Å². The van der Waals surface area contributed by atoms with Gasteiger partial charge >= 0.3 is 12.1 Å². The molecular weight excluding hydrogens is 391 g/mol. The fourth-order valence-corrected chi connectivity index (χ4v) is 3.60. The van der Waals surface area contributed by atoms with E-state index >= 15 is 0 Å². The molecule has 1 aromatic carbocycles. The average Bonchev–Trinajstić information content (AvgIpc) is 2.53. The second-order valence-electron chi connectivity index (χ2n) is 4.99. The molecule has 148 valence electrons. The van der Waals surface area contributed by atoms with Crippen molar-refractivity contribution in [1.29, 1.82) is 0 Å². The number of halogens is 5. The number of ether oxygens (including phenoxy) is 1. The van der Waals surface area contributed by atoms with Crippen LogP contribution in [-0.2, 0) is 19.6 Å². The summed E-state index contributed by atoms with van der Waals surface area (Å²) < 4.78 is 89.0. The van der Waals surface area contributed by atoms with Gasteiger partial charge in [-0.2, -0.15) is 17.5 Å². The van der Waals surface area contributed by atoms with Crippen molar-refractivity contribution in [2.75, 3.05) is 26.3 Å². The average molecular weight is 406 g/mol. The van der Waals surface area contributed by atoms with Crippen LogP contribution in [0.1, 0.15) is 0 Å². The highest BCUT2D eigenvalue weighted by atomic mass is 32.2. The van der Waals surface area contributed by atoms with Crippen LogP contribution in [0.15, 0.2) is 23.1 Å². The van der Waals surface area contributed by atoms with E-state index in [9.17, 15) is 30.4 Å². The Morgan fingerprint density at radius 3 is 2.19 bits per heavy atom. The molecule has 0 saturated carbocycles. The van der Waals surface area contributed by atoms with Crippen molar-refractivity contribution in [1.82, 2.24) is 4.31 Å². The first-order valence-corrected chi connectivity index (χ1v) is 8.39. The van der Waals surface area contributed by atoms with Gasteiger partial charge in [-0.15, -0.1) is 0 Å². The van der Waals surface area contributed by atoms with Crippen LogP contribution >= 0.6 is 0 Å². The first-order chi connectivity index (χ1) is 11.9. The zero-order chi connectivity index (χ0) is 20.1. The number of carboxylic acids is 1. The SMILES string of the molecule is NCC1COCCN1S(=O)(=O)c1cc(F)cc(F)c1.O=C(O)C(F)(F)F.